The van der Waals surface area contributed by atoms with E-state index < -0.39 is 15.8 Å². The van der Waals surface area contributed by atoms with E-state index >= 15 is 0 Å². The zero-order chi connectivity index (χ0) is 20.3. The normalized spacial score (nSPS) is 11.1. The van der Waals surface area contributed by atoms with E-state index in [0.29, 0.717) is 5.56 Å². The fourth-order valence-corrected chi connectivity index (χ4v) is 3.83. The third-order valence-corrected chi connectivity index (χ3v) is 5.70. The molecule has 0 unspecified atom stereocenters. The molecule has 0 heterocycles. The van der Waals surface area contributed by atoms with Gasteiger partial charge in [0, 0.05) is 24.0 Å². The Bertz CT molecular complexity index is 1100. The minimum Gasteiger partial charge on any atom is -0.311 e. The van der Waals surface area contributed by atoms with Gasteiger partial charge in [-0.1, -0.05) is 29.8 Å². The Hall–Kier alpha value is -2.90. The van der Waals surface area contributed by atoms with Crippen molar-refractivity contribution in [1.82, 2.24) is 0 Å². The number of halogens is 2. The van der Waals surface area contributed by atoms with E-state index in [1.807, 2.05) is 30.3 Å². The summed E-state index contributed by atoms with van der Waals surface area (Å²) in [6.07, 6.45) is 0. The van der Waals surface area contributed by atoms with Gasteiger partial charge in [0.25, 0.3) is 15.9 Å². The molecule has 0 bridgehead atoms. The van der Waals surface area contributed by atoms with Gasteiger partial charge in [0.05, 0.1) is 9.92 Å². The second kappa shape index (κ2) is 8.00. The van der Waals surface area contributed by atoms with Crippen LogP contribution in [0.25, 0.3) is 0 Å². The average Bonchev–Trinajstić information content (AvgIpc) is 2.70. The average molecular weight is 419 g/mol. The van der Waals surface area contributed by atoms with E-state index in [2.05, 4.69) is 4.72 Å². The Morgan fingerprint density at radius 2 is 1.64 bits per heavy atom. The van der Waals surface area contributed by atoms with Gasteiger partial charge >= 0.3 is 0 Å². The molecule has 0 atom stereocenters. The molecule has 0 aliphatic carbocycles. The summed E-state index contributed by atoms with van der Waals surface area (Å²) in [4.78, 5) is 13.9. The molecule has 1 N–H and O–H groups in total. The van der Waals surface area contributed by atoms with Crippen molar-refractivity contribution in [2.24, 2.45) is 0 Å². The second-order valence-corrected chi connectivity index (χ2v) is 8.05. The van der Waals surface area contributed by atoms with Crippen molar-refractivity contribution in [2.75, 3.05) is 16.7 Å². The molecule has 0 aliphatic rings. The highest BCUT2D eigenvalue weighted by Crippen LogP contribution is 2.22. The van der Waals surface area contributed by atoms with E-state index in [4.69, 9.17) is 11.6 Å². The van der Waals surface area contributed by atoms with Gasteiger partial charge in [-0.05, 0) is 54.6 Å². The van der Waals surface area contributed by atoms with E-state index in [1.165, 1.54) is 29.2 Å². The molecule has 3 aromatic rings. The predicted octanol–water partition coefficient (Wildman–Crippen LogP) is 4.56. The first-order chi connectivity index (χ1) is 13.3. The maximum Gasteiger partial charge on any atom is 0.261 e. The maximum absolute atomic E-state index is 13.2. The lowest BCUT2D eigenvalue weighted by atomic mass is 10.1. The van der Waals surface area contributed by atoms with Crippen LogP contribution in [0.5, 0.6) is 0 Å². The molecule has 0 aromatic heterocycles. The molecule has 0 saturated heterocycles. The summed E-state index contributed by atoms with van der Waals surface area (Å²) in [6, 6.07) is 18.3. The topological polar surface area (TPSA) is 66.5 Å². The number of nitrogens with zero attached hydrogens (tertiary/aromatic N) is 1. The minimum absolute atomic E-state index is 0.164. The molecule has 5 nitrogen and oxygen atoms in total. The van der Waals surface area contributed by atoms with Gasteiger partial charge in [-0.2, -0.15) is 0 Å². The van der Waals surface area contributed by atoms with Crippen LogP contribution in [-0.4, -0.2) is 21.4 Å². The highest BCUT2D eigenvalue weighted by Gasteiger charge is 2.17. The van der Waals surface area contributed by atoms with Crippen LogP contribution in [0.4, 0.5) is 15.8 Å². The Morgan fingerprint density at radius 1 is 1.00 bits per heavy atom. The Morgan fingerprint density at radius 3 is 2.25 bits per heavy atom. The van der Waals surface area contributed by atoms with Crippen LogP contribution in [0.1, 0.15) is 10.4 Å². The largest absolute Gasteiger partial charge is 0.311 e. The van der Waals surface area contributed by atoms with Crippen molar-refractivity contribution in [1.29, 1.82) is 0 Å². The van der Waals surface area contributed by atoms with Crippen molar-refractivity contribution in [3.63, 3.8) is 0 Å². The van der Waals surface area contributed by atoms with Crippen molar-refractivity contribution < 1.29 is 17.6 Å². The van der Waals surface area contributed by atoms with E-state index in [9.17, 15) is 17.6 Å². The summed E-state index contributed by atoms with van der Waals surface area (Å²) in [5.74, 6) is -0.933. The number of sulfonamides is 1. The predicted molar refractivity (Wildman–Crippen MR) is 108 cm³/mol. The van der Waals surface area contributed by atoms with Crippen LogP contribution >= 0.6 is 11.6 Å². The molecule has 3 rings (SSSR count). The summed E-state index contributed by atoms with van der Waals surface area (Å²) in [5, 5.41) is -0.284. The molecule has 0 radical (unpaired) electrons. The maximum atomic E-state index is 13.2. The summed E-state index contributed by atoms with van der Waals surface area (Å²) in [6.45, 7) is 0. The lowest BCUT2D eigenvalue weighted by Crippen LogP contribution is -2.26. The SMILES string of the molecule is CN(C(=O)c1ccc(NS(=O)(=O)c2ccc(F)c(Cl)c2)cc1)c1ccccc1. The monoisotopic (exact) mass is 418 g/mol. The Kier molecular flexibility index (Phi) is 5.67. The fourth-order valence-electron chi connectivity index (χ4n) is 2.50. The first kappa shape index (κ1) is 19.9. The number of carbonyl (C=O) groups excluding carboxylic acids is 1. The highest BCUT2D eigenvalue weighted by atomic mass is 35.5. The van der Waals surface area contributed by atoms with Crippen molar-refractivity contribution in [3.8, 4) is 0 Å². The summed E-state index contributed by atoms with van der Waals surface area (Å²) >= 11 is 5.65. The van der Waals surface area contributed by atoms with Crippen LogP contribution in [0.2, 0.25) is 5.02 Å². The lowest BCUT2D eigenvalue weighted by Gasteiger charge is -2.17. The van der Waals surface area contributed by atoms with E-state index in [0.717, 1.165) is 23.9 Å². The second-order valence-electron chi connectivity index (χ2n) is 5.96. The molecule has 144 valence electrons. The zero-order valence-electron chi connectivity index (χ0n) is 14.8. The van der Waals surface area contributed by atoms with Crippen LogP contribution < -0.4 is 9.62 Å². The molecule has 8 heteroatoms. The van der Waals surface area contributed by atoms with E-state index in [1.54, 1.807) is 7.05 Å². The summed E-state index contributed by atoms with van der Waals surface area (Å²) < 4.78 is 40.4. The summed E-state index contributed by atoms with van der Waals surface area (Å²) in [5.41, 5.74) is 1.41. The number of anilines is 2. The van der Waals surface area contributed by atoms with Gasteiger partial charge in [-0.15, -0.1) is 0 Å². The smallest absolute Gasteiger partial charge is 0.261 e. The van der Waals surface area contributed by atoms with Crippen molar-refractivity contribution >= 4 is 38.9 Å². The molecule has 0 fully saturated rings. The molecular weight excluding hydrogens is 403 g/mol. The third-order valence-electron chi connectivity index (χ3n) is 4.03. The number of carbonyl (C=O) groups is 1. The van der Waals surface area contributed by atoms with Crippen LogP contribution in [0.15, 0.2) is 77.7 Å². The van der Waals surface area contributed by atoms with Gasteiger partial charge in [-0.25, -0.2) is 12.8 Å². The Labute approximate surface area is 167 Å². The molecule has 28 heavy (non-hydrogen) atoms. The van der Waals surface area contributed by atoms with Crippen LogP contribution in [0.3, 0.4) is 0 Å². The highest BCUT2D eigenvalue weighted by molar-refractivity contribution is 7.92. The number of hydrogen-bond acceptors (Lipinski definition) is 3. The zero-order valence-corrected chi connectivity index (χ0v) is 16.3. The molecule has 1 amide bonds. The van der Waals surface area contributed by atoms with Gasteiger partial charge in [0.1, 0.15) is 5.82 Å². The third kappa shape index (κ3) is 4.32. The quantitative estimate of drug-likeness (QED) is 0.660. The number of hydrogen-bond donors (Lipinski definition) is 1. The molecule has 0 spiro atoms. The first-order valence-electron chi connectivity index (χ1n) is 8.19. The van der Waals surface area contributed by atoms with Crippen LogP contribution in [-0.2, 0) is 10.0 Å². The first-order valence-corrected chi connectivity index (χ1v) is 10.0. The van der Waals surface area contributed by atoms with Gasteiger partial charge in [0.2, 0.25) is 0 Å². The van der Waals surface area contributed by atoms with Crippen molar-refractivity contribution in [2.45, 2.75) is 4.90 Å². The molecule has 0 saturated carbocycles. The minimum atomic E-state index is -3.94. The number of para-hydroxylation sites is 1. The number of rotatable bonds is 5. The molecular formula is C20H16ClFN2O3S. The standard InChI is InChI=1S/C20H16ClFN2O3S/c1-24(16-5-3-2-4-6-16)20(25)14-7-9-15(10-8-14)23-28(26,27)17-11-12-19(22)18(21)13-17/h2-13,23H,1H3. The van der Waals surface area contributed by atoms with Crippen molar-refractivity contribution in [3.05, 3.63) is 89.2 Å². The van der Waals surface area contributed by atoms with Gasteiger partial charge < -0.3 is 4.90 Å². The fraction of sp³-hybridized carbons (Fsp3) is 0.0500. The van der Waals surface area contributed by atoms with Gasteiger partial charge in [-0.3, -0.25) is 9.52 Å². The Balaban J connectivity index is 1.77. The van der Waals surface area contributed by atoms with Gasteiger partial charge in [0.15, 0.2) is 0 Å². The molecule has 3 aromatic carbocycles. The number of amides is 1. The summed E-state index contributed by atoms with van der Waals surface area (Å²) in [7, 11) is -2.28. The van der Waals surface area contributed by atoms with E-state index in [-0.39, 0.29) is 21.5 Å². The number of nitrogens with one attached hydrogen (secondary N) is 1. The molecule has 0 aliphatic heterocycles. The van der Waals surface area contributed by atoms with Crippen LogP contribution in [0, 0.1) is 5.82 Å². The number of benzene rings is 3. The lowest BCUT2D eigenvalue weighted by molar-refractivity contribution is 0.0993.